The number of rotatable bonds is 6. The van der Waals surface area contributed by atoms with Gasteiger partial charge in [-0.1, -0.05) is 36.2 Å². The number of hydrogen-bond acceptors (Lipinski definition) is 2. The third kappa shape index (κ3) is 4.40. The van der Waals surface area contributed by atoms with Crippen molar-refractivity contribution in [1.82, 2.24) is 10.3 Å². The van der Waals surface area contributed by atoms with E-state index in [-0.39, 0.29) is 0 Å². The molecule has 0 saturated heterocycles. The Bertz CT molecular complexity index is 570. The van der Waals surface area contributed by atoms with Gasteiger partial charge in [-0.05, 0) is 62.9 Å². The average Bonchev–Trinajstić information content (AvgIpc) is 2.43. The van der Waals surface area contributed by atoms with Crippen LogP contribution in [0.1, 0.15) is 47.2 Å². The van der Waals surface area contributed by atoms with Gasteiger partial charge in [0.1, 0.15) is 0 Å². The molecule has 1 heterocycles. The molecule has 2 rings (SSSR count). The van der Waals surface area contributed by atoms with Crippen LogP contribution < -0.4 is 5.32 Å². The van der Waals surface area contributed by atoms with Crippen LogP contribution in [-0.4, -0.2) is 11.5 Å². The summed E-state index contributed by atoms with van der Waals surface area (Å²) in [4.78, 5) is 4.22. The molecule has 1 atom stereocenters. The van der Waals surface area contributed by atoms with Gasteiger partial charge in [0.25, 0.3) is 0 Å². The predicted molar refractivity (Wildman–Crippen MR) is 89.6 cm³/mol. The largest absolute Gasteiger partial charge is 0.310 e. The van der Waals surface area contributed by atoms with Crippen LogP contribution in [0.25, 0.3) is 0 Å². The van der Waals surface area contributed by atoms with E-state index >= 15 is 0 Å². The van der Waals surface area contributed by atoms with Crippen molar-refractivity contribution in [2.75, 3.05) is 6.54 Å². The lowest BCUT2D eigenvalue weighted by Crippen LogP contribution is -2.25. The van der Waals surface area contributed by atoms with Crippen molar-refractivity contribution in [3.63, 3.8) is 0 Å². The van der Waals surface area contributed by atoms with Gasteiger partial charge in [0.2, 0.25) is 0 Å². The van der Waals surface area contributed by atoms with Crippen molar-refractivity contribution in [2.45, 2.75) is 46.6 Å². The number of nitrogens with zero attached hydrogens (tertiary/aromatic N) is 1. The molecule has 1 aromatic carbocycles. The summed E-state index contributed by atoms with van der Waals surface area (Å²) in [5.74, 6) is 0. The highest BCUT2D eigenvalue weighted by Crippen LogP contribution is 2.22. The fourth-order valence-corrected chi connectivity index (χ4v) is 2.91. The van der Waals surface area contributed by atoms with Gasteiger partial charge in [-0.3, -0.25) is 4.98 Å². The molecule has 0 aliphatic heterocycles. The fourth-order valence-electron chi connectivity index (χ4n) is 2.91. The molecule has 1 unspecified atom stereocenters. The normalized spacial score (nSPS) is 12.4. The van der Waals surface area contributed by atoms with Gasteiger partial charge < -0.3 is 5.32 Å². The molecular weight excluding hydrogens is 256 g/mol. The third-order valence-electron chi connectivity index (χ3n) is 3.80. The second-order valence-electron chi connectivity index (χ2n) is 5.94. The van der Waals surface area contributed by atoms with Gasteiger partial charge in [-0.2, -0.15) is 0 Å². The van der Waals surface area contributed by atoms with E-state index in [0.29, 0.717) is 6.04 Å². The zero-order valence-electron chi connectivity index (χ0n) is 13.6. The van der Waals surface area contributed by atoms with Gasteiger partial charge in [-0.25, -0.2) is 0 Å². The highest BCUT2D eigenvalue weighted by atomic mass is 14.9. The lowest BCUT2D eigenvalue weighted by molar-refractivity contribution is 0.526. The van der Waals surface area contributed by atoms with Crippen LogP contribution in [0.5, 0.6) is 0 Å². The number of aromatic nitrogens is 1. The highest BCUT2D eigenvalue weighted by molar-refractivity contribution is 5.32. The maximum Gasteiger partial charge on any atom is 0.0364 e. The van der Waals surface area contributed by atoms with E-state index in [1.54, 1.807) is 0 Å². The first-order valence-corrected chi connectivity index (χ1v) is 7.81. The van der Waals surface area contributed by atoms with E-state index in [1.165, 1.54) is 27.8 Å². The Kier molecular flexibility index (Phi) is 5.51. The number of aryl methyl sites for hydroxylation is 3. The van der Waals surface area contributed by atoms with Gasteiger partial charge >= 0.3 is 0 Å². The Morgan fingerprint density at radius 2 is 1.81 bits per heavy atom. The second kappa shape index (κ2) is 7.37. The van der Waals surface area contributed by atoms with Gasteiger partial charge in [0, 0.05) is 18.4 Å². The molecule has 0 aliphatic carbocycles. The van der Waals surface area contributed by atoms with Crippen LogP contribution >= 0.6 is 0 Å². The second-order valence-corrected chi connectivity index (χ2v) is 5.94. The molecule has 1 N–H and O–H groups in total. The van der Waals surface area contributed by atoms with Crippen LogP contribution in [0.2, 0.25) is 0 Å². The van der Waals surface area contributed by atoms with Crippen molar-refractivity contribution in [3.8, 4) is 0 Å². The summed E-state index contributed by atoms with van der Waals surface area (Å²) < 4.78 is 0. The van der Waals surface area contributed by atoms with Crippen molar-refractivity contribution in [1.29, 1.82) is 0 Å². The van der Waals surface area contributed by atoms with Crippen LogP contribution in [0.3, 0.4) is 0 Å². The predicted octanol–water partition coefficient (Wildman–Crippen LogP) is 4.29. The first kappa shape index (κ1) is 15.7. The molecule has 21 heavy (non-hydrogen) atoms. The molecule has 0 fully saturated rings. The zero-order chi connectivity index (χ0) is 15.2. The van der Waals surface area contributed by atoms with E-state index in [1.807, 2.05) is 12.4 Å². The minimum atomic E-state index is 0.356. The molecular formula is C19H26N2. The summed E-state index contributed by atoms with van der Waals surface area (Å²) in [5.41, 5.74) is 6.70. The van der Waals surface area contributed by atoms with Crippen molar-refractivity contribution in [3.05, 3.63) is 64.5 Å². The Morgan fingerprint density at radius 3 is 2.43 bits per heavy atom. The van der Waals surface area contributed by atoms with Crippen LogP contribution in [0.15, 0.2) is 36.7 Å². The molecule has 0 aliphatic rings. The lowest BCUT2D eigenvalue weighted by atomic mass is 9.95. The molecule has 2 nitrogen and oxygen atoms in total. The van der Waals surface area contributed by atoms with E-state index in [0.717, 1.165) is 19.4 Å². The lowest BCUT2D eigenvalue weighted by Gasteiger charge is -2.21. The minimum absolute atomic E-state index is 0.356. The average molecular weight is 282 g/mol. The van der Waals surface area contributed by atoms with Gasteiger partial charge in [0.15, 0.2) is 0 Å². The first-order valence-electron chi connectivity index (χ1n) is 7.81. The molecule has 2 heteroatoms. The molecule has 112 valence electrons. The topological polar surface area (TPSA) is 24.9 Å². The minimum Gasteiger partial charge on any atom is -0.310 e. The zero-order valence-corrected chi connectivity index (χ0v) is 13.6. The maximum absolute atomic E-state index is 4.22. The van der Waals surface area contributed by atoms with Gasteiger partial charge in [-0.15, -0.1) is 0 Å². The molecule has 1 aromatic heterocycles. The third-order valence-corrected chi connectivity index (χ3v) is 3.80. The quantitative estimate of drug-likeness (QED) is 0.855. The highest BCUT2D eigenvalue weighted by Gasteiger charge is 2.14. The summed E-state index contributed by atoms with van der Waals surface area (Å²) in [5, 5.41) is 3.69. The molecule has 0 radical (unpaired) electrons. The van der Waals surface area contributed by atoms with E-state index < -0.39 is 0 Å². The summed E-state index contributed by atoms with van der Waals surface area (Å²) in [6, 6.07) is 9.32. The molecule has 0 spiro atoms. The summed E-state index contributed by atoms with van der Waals surface area (Å²) in [6.45, 7) is 9.73. The van der Waals surface area contributed by atoms with Crippen molar-refractivity contribution < 1.29 is 0 Å². The number of pyridine rings is 1. The van der Waals surface area contributed by atoms with Crippen molar-refractivity contribution >= 4 is 0 Å². The smallest absolute Gasteiger partial charge is 0.0364 e. The standard InChI is InChI=1S/C19H26N2/c1-5-7-21-19(18-6-8-20-13-16(18)4)12-17-10-14(2)9-15(3)11-17/h6,8-11,13,19,21H,5,7,12H2,1-4H3. The molecule has 0 bridgehead atoms. The Labute approximate surface area is 128 Å². The van der Waals surface area contributed by atoms with Crippen LogP contribution in [0, 0.1) is 20.8 Å². The maximum atomic E-state index is 4.22. The van der Waals surface area contributed by atoms with E-state index in [4.69, 9.17) is 0 Å². The fraction of sp³-hybridized carbons (Fsp3) is 0.421. The van der Waals surface area contributed by atoms with Crippen LogP contribution in [-0.2, 0) is 6.42 Å². The number of benzene rings is 1. The summed E-state index contributed by atoms with van der Waals surface area (Å²) in [7, 11) is 0. The molecule has 0 saturated carbocycles. The number of nitrogens with one attached hydrogen (secondary N) is 1. The van der Waals surface area contributed by atoms with E-state index in [2.05, 4.69) is 62.3 Å². The summed E-state index contributed by atoms with van der Waals surface area (Å²) in [6.07, 6.45) is 6.02. The Morgan fingerprint density at radius 1 is 1.10 bits per heavy atom. The first-order chi connectivity index (χ1) is 10.1. The Hall–Kier alpha value is -1.67. The Balaban J connectivity index is 2.26. The molecule has 0 amide bonds. The van der Waals surface area contributed by atoms with E-state index in [9.17, 15) is 0 Å². The van der Waals surface area contributed by atoms with Gasteiger partial charge in [0.05, 0.1) is 0 Å². The van der Waals surface area contributed by atoms with Crippen molar-refractivity contribution in [2.24, 2.45) is 0 Å². The monoisotopic (exact) mass is 282 g/mol. The summed E-state index contributed by atoms with van der Waals surface area (Å²) >= 11 is 0. The SMILES string of the molecule is CCCNC(Cc1cc(C)cc(C)c1)c1ccncc1C. The molecule has 2 aromatic rings. The van der Waals surface area contributed by atoms with Crippen LogP contribution in [0.4, 0.5) is 0 Å². The number of hydrogen-bond donors (Lipinski definition) is 1.